The highest BCUT2D eigenvalue weighted by atomic mass is 32.2. The first kappa shape index (κ1) is 18.9. The first-order valence-electron chi connectivity index (χ1n) is 7.83. The molecule has 25 heavy (non-hydrogen) atoms. The molecule has 0 atom stereocenters. The van der Waals surface area contributed by atoms with Crippen LogP contribution in [0.5, 0.6) is 0 Å². The molecular formula is C18H22FN3O2S. The minimum Gasteiger partial charge on any atom is -0.366 e. The standard InChI is InChI=1S/C18H22FN3O2S/c1-5-22(3)12-20-17-10-13(2)16(11-18(17)25(4,23)24)21-15-9-7-6-8-14(15)19/h6-12,21H,5H2,1-4H3/b20-12+. The van der Waals surface area contributed by atoms with Gasteiger partial charge >= 0.3 is 0 Å². The van der Waals surface area contributed by atoms with Crippen molar-refractivity contribution in [1.29, 1.82) is 0 Å². The molecule has 2 aromatic carbocycles. The molecular weight excluding hydrogens is 341 g/mol. The van der Waals surface area contributed by atoms with Gasteiger partial charge in [-0.2, -0.15) is 0 Å². The number of halogens is 1. The van der Waals surface area contributed by atoms with Crippen molar-refractivity contribution >= 4 is 33.2 Å². The molecule has 7 heteroatoms. The van der Waals surface area contributed by atoms with Crippen molar-refractivity contribution in [3.8, 4) is 0 Å². The fraction of sp³-hybridized carbons (Fsp3) is 0.278. The van der Waals surface area contributed by atoms with Gasteiger partial charge in [-0.1, -0.05) is 12.1 Å². The Morgan fingerprint density at radius 2 is 1.92 bits per heavy atom. The van der Waals surface area contributed by atoms with Crippen molar-refractivity contribution in [2.24, 2.45) is 4.99 Å². The summed E-state index contributed by atoms with van der Waals surface area (Å²) < 4.78 is 38.2. The molecule has 2 aromatic rings. The molecule has 0 heterocycles. The fourth-order valence-corrected chi connectivity index (χ4v) is 2.98. The summed E-state index contributed by atoms with van der Waals surface area (Å²) in [7, 11) is -1.64. The van der Waals surface area contributed by atoms with Crippen molar-refractivity contribution < 1.29 is 12.8 Å². The summed E-state index contributed by atoms with van der Waals surface area (Å²) in [6.07, 6.45) is 2.72. The Labute approximate surface area is 148 Å². The molecule has 2 rings (SSSR count). The number of nitrogens with one attached hydrogen (secondary N) is 1. The van der Waals surface area contributed by atoms with Gasteiger partial charge in [-0.25, -0.2) is 17.8 Å². The van der Waals surface area contributed by atoms with Gasteiger partial charge in [0.1, 0.15) is 5.82 Å². The summed E-state index contributed by atoms with van der Waals surface area (Å²) in [6, 6.07) is 9.41. The van der Waals surface area contributed by atoms with Gasteiger partial charge in [0.15, 0.2) is 9.84 Å². The number of benzene rings is 2. The summed E-state index contributed by atoms with van der Waals surface area (Å²) in [5.74, 6) is -0.408. The van der Waals surface area contributed by atoms with E-state index in [2.05, 4.69) is 10.3 Å². The van der Waals surface area contributed by atoms with Gasteiger partial charge in [0, 0.05) is 25.5 Å². The average molecular weight is 363 g/mol. The maximum atomic E-state index is 13.9. The third kappa shape index (κ3) is 4.79. The Balaban J connectivity index is 2.51. The van der Waals surface area contributed by atoms with E-state index in [1.54, 1.807) is 30.6 Å². The van der Waals surface area contributed by atoms with Crippen LogP contribution in [0.3, 0.4) is 0 Å². The highest BCUT2D eigenvalue weighted by Crippen LogP contribution is 2.32. The molecule has 0 radical (unpaired) electrons. The van der Waals surface area contributed by atoms with E-state index in [0.717, 1.165) is 18.4 Å². The SMILES string of the molecule is CCN(C)/C=N/c1cc(C)c(Nc2ccccc2F)cc1S(C)(=O)=O. The number of anilines is 2. The van der Waals surface area contributed by atoms with Crippen LogP contribution < -0.4 is 5.32 Å². The van der Waals surface area contributed by atoms with Crippen LogP contribution in [0.4, 0.5) is 21.5 Å². The third-order valence-corrected chi connectivity index (χ3v) is 4.87. The van der Waals surface area contributed by atoms with E-state index in [1.807, 2.05) is 25.8 Å². The number of hydrogen-bond acceptors (Lipinski definition) is 4. The Hall–Kier alpha value is -2.41. The van der Waals surface area contributed by atoms with E-state index in [0.29, 0.717) is 11.4 Å². The quantitative estimate of drug-likeness (QED) is 0.625. The van der Waals surface area contributed by atoms with E-state index in [1.165, 1.54) is 12.1 Å². The second-order valence-electron chi connectivity index (χ2n) is 5.83. The number of aliphatic imine (C=N–C) groups is 1. The smallest absolute Gasteiger partial charge is 0.177 e. The molecule has 0 aliphatic rings. The van der Waals surface area contributed by atoms with Crippen LogP contribution in [0.15, 0.2) is 46.3 Å². The summed E-state index contributed by atoms with van der Waals surface area (Å²) in [6.45, 7) is 4.54. The van der Waals surface area contributed by atoms with Crippen LogP contribution in [0.2, 0.25) is 0 Å². The second-order valence-corrected chi connectivity index (χ2v) is 7.81. The van der Waals surface area contributed by atoms with Gasteiger partial charge in [0.2, 0.25) is 0 Å². The van der Waals surface area contributed by atoms with Gasteiger partial charge < -0.3 is 10.2 Å². The third-order valence-electron chi connectivity index (χ3n) is 3.74. The van der Waals surface area contributed by atoms with Gasteiger partial charge in [-0.05, 0) is 43.7 Å². The van der Waals surface area contributed by atoms with Crippen LogP contribution in [0.1, 0.15) is 12.5 Å². The zero-order valence-corrected chi connectivity index (χ0v) is 15.6. The van der Waals surface area contributed by atoms with Crippen molar-refractivity contribution in [1.82, 2.24) is 4.90 Å². The molecule has 0 bridgehead atoms. The second kappa shape index (κ2) is 7.65. The molecule has 0 aromatic heterocycles. The van der Waals surface area contributed by atoms with Gasteiger partial charge in [-0.3, -0.25) is 0 Å². The number of sulfone groups is 1. The van der Waals surface area contributed by atoms with Crippen LogP contribution in [0.25, 0.3) is 0 Å². The maximum Gasteiger partial charge on any atom is 0.177 e. The fourth-order valence-electron chi connectivity index (χ4n) is 2.16. The largest absolute Gasteiger partial charge is 0.366 e. The predicted octanol–water partition coefficient (Wildman–Crippen LogP) is 3.89. The Morgan fingerprint density at radius 1 is 1.24 bits per heavy atom. The molecule has 5 nitrogen and oxygen atoms in total. The van der Waals surface area contributed by atoms with E-state index < -0.39 is 15.7 Å². The van der Waals surface area contributed by atoms with Gasteiger partial charge in [0.05, 0.1) is 22.6 Å². The molecule has 0 amide bonds. The average Bonchev–Trinajstić information content (AvgIpc) is 2.55. The van der Waals surface area contributed by atoms with Crippen molar-refractivity contribution in [3.05, 3.63) is 47.8 Å². The van der Waals surface area contributed by atoms with Gasteiger partial charge in [0.25, 0.3) is 0 Å². The Bertz CT molecular complexity index is 895. The lowest BCUT2D eigenvalue weighted by Gasteiger charge is -2.14. The van der Waals surface area contributed by atoms with E-state index in [9.17, 15) is 12.8 Å². The van der Waals surface area contributed by atoms with Crippen molar-refractivity contribution in [2.75, 3.05) is 25.2 Å². The molecule has 134 valence electrons. The number of hydrogen-bond donors (Lipinski definition) is 1. The first-order valence-corrected chi connectivity index (χ1v) is 9.72. The predicted molar refractivity (Wildman–Crippen MR) is 100 cm³/mol. The lowest BCUT2D eigenvalue weighted by molar-refractivity contribution is 0.552. The first-order chi connectivity index (χ1) is 11.7. The highest BCUT2D eigenvalue weighted by Gasteiger charge is 2.16. The normalized spacial score (nSPS) is 11.7. The Morgan fingerprint density at radius 3 is 2.52 bits per heavy atom. The highest BCUT2D eigenvalue weighted by molar-refractivity contribution is 7.90. The minimum atomic E-state index is -3.50. The summed E-state index contributed by atoms with van der Waals surface area (Å²) in [5, 5.41) is 2.95. The monoisotopic (exact) mass is 363 g/mol. The van der Waals surface area contributed by atoms with E-state index in [-0.39, 0.29) is 10.6 Å². The lowest BCUT2D eigenvalue weighted by Crippen LogP contribution is -2.14. The van der Waals surface area contributed by atoms with Crippen LogP contribution in [-0.2, 0) is 9.84 Å². The molecule has 0 saturated heterocycles. The zero-order valence-electron chi connectivity index (χ0n) is 14.7. The number of nitrogens with zero attached hydrogens (tertiary/aromatic N) is 2. The molecule has 0 aliphatic heterocycles. The van der Waals surface area contributed by atoms with E-state index in [4.69, 9.17) is 0 Å². The lowest BCUT2D eigenvalue weighted by atomic mass is 10.1. The summed E-state index contributed by atoms with van der Waals surface area (Å²) in [5.41, 5.74) is 1.93. The van der Waals surface area contributed by atoms with Crippen LogP contribution in [0, 0.1) is 12.7 Å². The Kier molecular flexibility index (Phi) is 5.79. The molecule has 0 aliphatic carbocycles. The van der Waals surface area contributed by atoms with Crippen LogP contribution >= 0.6 is 0 Å². The molecule has 0 unspecified atom stereocenters. The zero-order chi connectivity index (χ0) is 18.6. The van der Waals surface area contributed by atoms with Crippen molar-refractivity contribution in [2.45, 2.75) is 18.7 Å². The maximum absolute atomic E-state index is 13.9. The van der Waals surface area contributed by atoms with Crippen LogP contribution in [-0.4, -0.2) is 39.5 Å². The topological polar surface area (TPSA) is 61.8 Å². The summed E-state index contributed by atoms with van der Waals surface area (Å²) >= 11 is 0. The van der Waals surface area contributed by atoms with Crippen molar-refractivity contribution in [3.63, 3.8) is 0 Å². The van der Waals surface area contributed by atoms with E-state index >= 15 is 0 Å². The molecule has 1 N–H and O–H groups in total. The minimum absolute atomic E-state index is 0.0951. The number of para-hydroxylation sites is 1. The molecule has 0 spiro atoms. The summed E-state index contributed by atoms with van der Waals surface area (Å²) in [4.78, 5) is 6.23. The van der Waals surface area contributed by atoms with Gasteiger partial charge in [-0.15, -0.1) is 0 Å². The number of rotatable bonds is 6. The molecule has 0 fully saturated rings. The number of aryl methyl sites for hydroxylation is 1. The molecule has 0 saturated carbocycles.